The molecule has 2 N–H and O–H groups in total. The normalized spacial score (nSPS) is 12.6. The van der Waals surface area contributed by atoms with Crippen molar-refractivity contribution in [2.24, 2.45) is 5.92 Å². The van der Waals surface area contributed by atoms with Gasteiger partial charge in [-0.15, -0.1) is 0 Å². The predicted molar refractivity (Wildman–Crippen MR) is 82.0 cm³/mol. The van der Waals surface area contributed by atoms with Crippen molar-refractivity contribution in [3.8, 4) is 0 Å². The topological polar surface area (TPSA) is 49.3 Å². The van der Waals surface area contributed by atoms with E-state index in [2.05, 4.69) is 41.8 Å². The number of halogens is 2. The lowest BCUT2D eigenvalue weighted by atomic mass is 10.0. The van der Waals surface area contributed by atoms with Crippen molar-refractivity contribution in [1.82, 2.24) is 5.32 Å². The first-order chi connectivity index (χ1) is 8.43. The Kier molecular flexibility index (Phi) is 6.38. The Balaban J connectivity index is 2.71. The van der Waals surface area contributed by atoms with Gasteiger partial charge in [0.15, 0.2) is 0 Å². The van der Waals surface area contributed by atoms with E-state index in [0.29, 0.717) is 16.5 Å². The maximum atomic E-state index is 12.0. The van der Waals surface area contributed by atoms with Crippen LogP contribution in [0.5, 0.6) is 0 Å². The Morgan fingerprint density at radius 2 is 2.17 bits per heavy atom. The number of hydrogen-bond acceptors (Lipinski definition) is 2. The highest BCUT2D eigenvalue weighted by Gasteiger charge is 2.15. The van der Waals surface area contributed by atoms with Crippen LogP contribution in [-0.2, 0) is 0 Å². The SMILES string of the molecule is CC(C)CC(CO)NC(=O)c1ccc(I)c(Cl)c1. The molecule has 100 valence electrons. The third kappa shape index (κ3) is 4.74. The first kappa shape index (κ1) is 15.7. The van der Waals surface area contributed by atoms with Crippen molar-refractivity contribution in [2.45, 2.75) is 26.3 Å². The molecule has 0 aliphatic heterocycles. The van der Waals surface area contributed by atoms with Crippen LogP contribution >= 0.6 is 34.2 Å². The molecular formula is C13H17ClINO2. The third-order valence-electron chi connectivity index (χ3n) is 2.49. The molecule has 0 saturated heterocycles. The zero-order chi connectivity index (χ0) is 13.7. The lowest BCUT2D eigenvalue weighted by Crippen LogP contribution is -2.38. The number of carbonyl (C=O) groups is 1. The number of carbonyl (C=O) groups excluding carboxylic acids is 1. The highest BCUT2D eigenvalue weighted by atomic mass is 127. The molecule has 1 amide bonds. The molecule has 1 rings (SSSR count). The second kappa shape index (κ2) is 7.31. The minimum atomic E-state index is -0.212. The molecule has 0 aliphatic carbocycles. The van der Waals surface area contributed by atoms with Gasteiger partial charge in [-0.25, -0.2) is 0 Å². The van der Waals surface area contributed by atoms with Crippen LogP contribution in [0, 0.1) is 9.49 Å². The van der Waals surface area contributed by atoms with E-state index in [1.807, 2.05) is 0 Å². The molecule has 1 atom stereocenters. The summed E-state index contributed by atoms with van der Waals surface area (Å²) in [5, 5.41) is 12.6. The molecule has 1 unspecified atom stereocenters. The average molecular weight is 382 g/mol. The van der Waals surface area contributed by atoms with Crippen LogP contribution in [0.15, 0.2) is 18.2 Å². The van der Waals surface area contributed by atoms with Crippen molar-refractivity contribution in [3.63, 3.8) is 0 Å². The first-order valence-corrected chi connectivity index (χ1v) is 7.26. The summed E-state index contributed by atoms with van der Waals surface area (Å²) in [6.07, 6.45) is 0.750. The van der Waals surface area contributed by atoms with E-state index in [9.17, 15) is 9.90 Å². The molecular weight excluding hydrogens is 365 g/mol. The van der Waals surface area contributed by atoms with Gasteiger partial charge < -0.3 is 10.4 Å². The van der Waals surface area contributed by atoms with Crippen molar-refractivity contribution in [2.75, 3.05) is 6.61 Å². The van der Waals surface area contributed by atoms with Gasteiger partial charge in [-0.1, -0.05) is 25.4 Å². The van der Waals surface area contributed by atoms with Crippen LogP contribution in [0.1, 0.15) is 30.6 Å². The van der Waals surface area contributed by atoms with Crippen LogP contribution in [0.3, 0.4) is 0 Å². The van der Waals surface area contributed by atoms with E-state index in [-0.39, 0.29) is 18.6 Å². The van der Waals surface area contributed by atoms with Crippen LogP contribution in [0.2, 0.25) is 5.02 Å². The molecule has 0 saturated carbocycles. The Morgan fingerprint density at radius 1 is 1.50 bits per heavy atom. The summed E-state index contributed by atoms with van der Waals surface area (Å²) in [6, 6.07) is 4.96. The predicted octanol–water partition coefficient (Wildman–Crippen LogP) is 3.08. The highest BCUT2D eigenvalue weighted by molar-refractivity contribution is 14.1. The van der Waals surface area contributed by atoms with Gasteiger partial charge in [-0.2, -0.15) is 0 Å². The molecule has 1 aromatic rings. The molecule has 0 radical (unpaired) electrons. The smallest absolute Gasteiger partial charge is 0.251 e. The number of amides is 1. The molecule has 5 heteroatoms. The summed E-state index contributed by atoms with van der Waals surface area (Å²) >= 11 is 8.09. The number of aliphatic hydroxyl groups excluding tert-OH is 1. The van der Waals surface area contributed by atoms with Gasteiger partial charge in [-0.05, 0) is 53.1 Å². The zero-order valence-electron chi connectivity index (χ0n) is 10.4. The van der Waals surface area contributed by atoms with E-state index >= 15 is 0 Å². The van der Waals surface area contributed by atoms with Gasteiger partial charge >= 0.3 is 0 Å². The molecule has 0 bridgehead atoms. The summed E-state index contributed by atoms with van der Waals surface area (Å²) in [4.78, 5) is 12.0. The Hall–Kier alpha value is -0.330. The molecule has 3 nitrogen and oxygen atoms in total. The van der Waals surface area contributed by atoms with Crippen LogP contribution < -0.4 is 5.32 Å². The standard InChI is InChI=1S/C13H17ClINO2/c1-8(2)5-10(7-17)16-13(18)9-3-4-12(15)11(14)6-9/h3-4,6,8,10,17H,5,7H2,1-2H3,(H,16,18). The van der Waals surface area contributed by atoms with Gasteiger partial charge in [0.25, 0.3) is 5.91 Å². The monoisotopic (exact) mass is 381 g/mol. The largest absolute Gasteiger partial charge is 0.394 e. The van der Waals surface area contributed by atoms with Gasteiger partial charge in [0, 0.05) is 9.13 Å². The summed E-state index contributed by atoms with van der Waals surface area (Å²) in [5.41, 5.74) is 0.516. The lowest BCUT2D eigenvalue weighted by molar-refractivity contribution is 0.0908. The quantitative estimate of drug-likeness (QED) is 0.770. The first-order valence-electron chi connectivity index (χ1n) is 5.80. The van der Waals surface area contributed by atoms with E-state index in [1.54, 1.807) is 18.2 Å². The van der Waals surface area contributed by atoms with Crippen molar-refractivity contribution >= 4 is 40.1 Å². The lowest BCUT2D eigenvalue weighted by Gasteiger charge is -2.18. The molecule has 0 heterocycles. The maximum Gasteiger partial charge on any atom is 0.251 e. The van der Waals surface area contributed by atoms with E-state index < -0.39 is 0 Å². The summed E-state index contributed by atoms with van der Waals surface area (Å²) in [6.45, 7) is 4.05. The molecule has 0 fully saturated rings. The molecule has 1 aromatic carbocycles. The highest BCUT2D eigenvalue weighted by Crippen LogP contribution is 2.19. The van der Waals surface area contributed by atoms with Crippen molar-refractivity contribution in [3.05, 3.63) is 32.4 Å². The summed E-state index contributed by atoms with van der Waals surface area (Å²) in [5.74, 6) is 0.218. The van der Waals surface area contributed by atoms with Gasteiger partial charge in [0.1, 0.15) is 0 Å². The van der Waals surface area contributed by atoms with Crippen LogP contribution in [0.4, 0.5) is 0 Å². The van der Waals surface area contributed by atoms with Crippen LogP contribution in [0.25, 0.3) is 0 Å². The molecule has 0 aliphatic rings. The number of rotatable bonds is 5. The summed E-state index contributed by atoms with van der Waals surface area (Å²) < 4.78 is 0.909. The maximum absolute atomic E-state index is 12.0. The fourth-order valence-electron chi connectivity index (χ4n) is 1.65. The van der Waals surface area contributed by atoms with E-state index in [0.717, 1.165) is 9.99 Å². The summed E-state index contributed by atoms with van der Waals surface area (Å²) in [7, 11) is 0. The van der Waals surface area contributed by atoms with E-state index in [1.165, 1.54) is 0 Å². The number of nitrogens with one attached hydrogen (secondary N) is 1. The van der Waals surface area contributed by atoms with Crippen LogP contribution in [-0.4, -0.2) is 23.7 Å². The van der Waals surface area contributed by atoms with Crippen molar-refractivity contribution in [1.29, 1.82) is 0 Å². The van der Waals surface area contributed by atoms with Gasteiger partial charge in [0.05, 0.1) is 17.7 Å². The Morgan fingerprint density at radius 3 is 2.67 bits per heavy atom. The zero-order valence-corrected chi connectivity index (χ0v) is 13.3. The average Bonchev–Trinajstić information content (AvgIpc) is 2.31. The Labute approximate surface area is 126 Å². The fraction of sp³-hybridized carbons (Fsp3) is 0.462. The molecule has 18 heavy (non-hydrogen) atoms. The number of aliphatic hydroxyl groups is 1. The fourth-order valence-corrected chi connectivity index (χ4v) is 2.17. The van der Waals surface area contributed by atoms with Crippen molar-refractivity contribution < 1.29 is 9.90 Å². The minimum Gasteiger partial charge on any atom is -0.394 e. The third-order valence-corrected chi connectivity index (χ3v) is 4.07. The molecule has 0 aromatic heterocycles. The minimum absolute atomic E-state index is 0.0536. The molecule has 0 spiro atoms. The number of hydrogen-bond donors (Lipinski definition) is 2. The second-order valence-corrected chi connectivity index (χ2v) is 6.18. The number of benzene rings is 1. The van der Waals surface area contributed by atoms with E-state index in [4.69, 9.17) is 11.6 Å². The van der Waals surface area contributed by atoms with Gasteiger partial charge in [-0.3, -0.25) is 4.79 Å². The Bertz CT molecular complexity index is 423. The second-order valence-electron chi connectivity index (χ2n) is 4.61. The van der Waals surface area contributed by atoms with Gasteiger partial charge in [0.2, 0.25) is 0 Å².